The van der Waals surface area contributed by atoms with Gasteiger partial charge >= 0.3 is 13.2 Å². The first-order chi connectivity index (χ1) is 11.8. The van der Waals surface area contributed by atoms with Crippen LogP contribution in [0.1, 0.15) is 54.9 Å². The van der Waals surface area contributed by atoms with Crippen molar-refractivity contribution in [3.05, 3.63) is 11.7 Å². The van der Waals surface area contributed by atoms with Crippen LogP contribution in [0.15, 0.2) is 16.7 Å². The van der Waals surface area contributed by atoms with Crippen molar-refractivity contribution in [1.29, 1.82) is 0 Å². The summed E-state index contributed by atoms with van der Waals surface area (Å²) in [4.78, 5) is 18.4. The van der Waals surface area contributed by atoms with Gasteiger partial charge in [-0.3, -0.25) is 4.99 Å². The van der Waals surface area contributed by atoms with Crippen molar-refractivity contribution < 1.29 is 18.8 Å². The van der Waals surface area contributed by atoms with Gasteiger partial charge in [0.2, 0.25) is 0 Å². The van der Waals surface area contributed by atoms with E-state index in [2.05, 4.69) is 4.99 Å². The molecular formula is C18H32BN3O4. The first-order valence-electron chi connectivity index (χ1n) is 9.13. The molecule has 7 nitrogen and oxygen atoms in total. The Bertz CT molecular complexity index is 580. The van der Waals surface area contributed by atoms with E-state index in [1.165, 1.54) is 6.20 Å². The molecule has 2 saturated heterocycles. The van der Waals surface area contributed by atoms with Crippen LogP contribution in [0.4, 0.5) is 4.79 Å². The fourth-order valence-corrected chi connectivity index (χ4v) is 2.71. The van der Waals surface area contributed by atoms with Crippen LogP contribution in [0.2, 0.25) is 0 Å². The van der Waals surface area contributed by atoms with Crippen LogP contribution in [-0.2, 0) is 14.0 Å². The molecule has 1 amide bonds. The van der Waals surface area contributed by atoms with Gasteiger partial charge in [-0.2, -0.15) is 0 Å². The number of hydrogen-bond acceptors (Lipinski definition) is 6. The number of aliphatic imine (C=N–C) groups is 1. The number of nitrogens with two attached hydrogens (primary N) is 1. The average Bonchev–Trinajstić information content (AvgIpc) is 3.01. The molecule has 1 atom stereocenters. The fraction of sp³-hybridized carbons (Fsp3) is 0.778. The normalized spacial score (nSPS) is 26.0. The van der Waals surface area contributed by atoms with Gasteiger partial charge in [0.25, 0.3) is 0 Å². The van der Waals surface area contributed by atoms with Gasteiger partial charge in [-0.25, -0.2) is 4.79 Å². The lowest BCUT2D eigenvalue weighted by atomic mass is 9.79. The molecule has 1 unspecified atom stereocenters. The second-order valence-corrected chi connectivity index (χ2v) is 8.90. The Morgan fingerprint density at radius 3 is 2.35 bits per heavy atom. The summed E-state index contributed by atoms with van der Waals surface area (Å²) in [6.45, 7) is 14.7. The largest absolute Gasteiger partial charge is 0.497 e. The number of likely N-dealkylation sites (tertiary alicyclic amines) is 1. The van der Waals surface area contributed by atoms with Crippen LogP contribution >= 0.6 is 0 Å². The quantitative estimate of drug-likeness (QED) is 0.614. The molecule has 0 aromatic carbocycles. The van der Waals surface area contributed by atoms with E-state index < -0.39 is 23.9 Å². The lowest BCUT2D eigenvalue weighted by molar-refractivity contribution is 0.00578. The number of allylic oxidation sites excluding steroid dienone is 1. The number of ether oxygens (including phenoxy) is 1. The summed E-state index contributed by atoms with van der Waals surface area (Å²) >= 11 is 0. The van der Waals surface area contributed by atoms with E-state index in [9.17, 15) is 4.79 Å². The van der Waals surface area contributed by atoms with Gasteiger partial charge in [0.15, 0.2) is 0 Å². The third-order valence-electron chi connectivity index (χ3n) is 4.97. The van der Waals surface area contributed by atoms with Gasteiger partial charge in [-0.15, -0.1) is 0 Å². The zero-order chi connectivity index (χ0) is 19.8. The van der Waals surface area contributed by atoms with Crippen molar-refractivity contribution in [2.24, 2.45) is 10.7 Å². The minimum absolute atomic E-state index is 0.0138. The second kappa shape index (κ2) is 7.23. The average molecular weight is 365 g/mol. The molecule has 2 aliphatic heterocycles. The summed E-state index contributed by atoms with van der Waals surface area (Å²) in [6, 6.07) is 0.0138. The topological polar surface area (TPSA) is 86.4 Å². The third kappa shape index (κ3) is 4.79. The summed E-state index contributed by atoms with van der Waals surface area (Å²) in [5.74, 6) is 0. The highest BCUT2D eigenvalue weighted by atomic mass is 16.7. The Hall–Kier alpha value is -1.54. The zero-order valence-corrected chi connectivity index (χ0v) is 17.0. The Kier molecular flexibility index (Phi) is 5.78. The molecule has 0 radical (unpaired) electrons. The SMILES string of the molecule is CC(C)(C)OC(=O)N1CCC(N=CC(=CN)B2OC(C)(C)C(C)(C)O2)C1. The zero-order valence-electron chi connectivity index (χ0n) is 17.0. The van der Waals surface area contributed by atoms with E-state index in [-0.39, 0.29) is 12.1 Å². The maximum Gasteiger partial charge on any atom is 0.497 e. The monoisotopic (exact) mass is 365 g/mol. The van der Waals surface area contributed by atoms with E-state index in [1.807, 2.05) is 48.5 Å². The molecular weight excluding hydrogens is 333 g/mol. The molecule has 2 fully saturated rings. The Labute approximate surface area is 157 Å². The molecule has 0 saturated carbocycles. The highest BCUT2D eigenvalue weighted by Gasteiger charge is 2.52. The van der Waals surface area contributed by atoms with Crippen LogP contribution in [0.5, 0.6) is 0 Å². The van der Waals surface area contributed by atoms with E-state index in [0.29, 0.717) is 18.6 Å². The first-order valence-corrected chi connectivity index (χ1v) is 9.13. The van der Waals surface area contributed by atoms with E-state index in [1.54, 1.807) is 11.1 Å². The van der Waals surface area contributed by atoms with Crippen molar-refractivity contribution in [3.8, 4) is 0 Å². The minimum atomic E-state index is -0.544. The van der Waals surface area contributed by atoms with E-state index in [4.69, 9.17) is 19.8 Å². The van der Waals surface area contributed by atoms with Crippen molar-refractivity contribution in [1.82, 2.24) is 4.90 Å². The van der Waals surface area contributed by atoms with Gasteiger partial charge in [0, 0.05) is 24.8 Å². The molecule has 2 N–H and O–H groups in total. The molecule has 0 aromatic rings. The van der Waals surface area contributed by atoms with Gasteiger partial charge in [-0.05, 0) is 61.1 Å². The number of amides is 1. The van der Waals surface area contributed by atoms with E-state index in [0.717, 1.165) is 6.42 Å². The summed E-state index contributed by atoms with van der Waals surface area (Å²) in [5.41, 5.74) is 5.09. The summed E-state index contributed by atoms with van der Waals surface area (Å²) in [5, 5.41) is 0. The molecule has 8 heteroatoms. The molecule has 0 spiro atoms. The summed E-state index contributed by atoms with van der Waals surface area (Å²) in [6.07, 6.45) is 3.66. The number of carbonyl (C=O) groups is 1. The summed E-state index contributed by atoms with van der Waals surface area (Å²) in [7, 11) is -0.544. The molecule has 0 aliphatic carbocycles. The summed E-state index contributed by atoms with van der Waals surface area (Å²) < 4.78 is 17.4. The maximum atomic E-state index is 12.1. The van der Waals surface area contributed by atoms with Gasteiger partial charge in [0.05, 0.1) is 17.2 Å². The fourth-order valence-electron chi connectivity index (χ4n) is 2.71. The highest BCUT2D eigenvalue weighted by molar-refractivity contribution is 6.60. The van der Waals surface area contributed by atoms with Crippen LogP contribution in [0, 0.1) is 0 Å². The molecule has 2 heterocycles. The van der Waals surface area contributed by atoms with Crippen molar-refractivity contribution in [3.63, 3.8) is 0 Å². The number of hydrogen-bond donors (Lipinski definition) is 1. The molecule has 0 aromatic heterocycles. The van der Waals surface area contributed by atoms with Crippen molar-refractivity contribution in [2.45, 2.75) is 77.7 Å². The van der Waals surface area contributed by atoms with Gasteiger partial charge in [0.1, 0.15) is 5.60 Å². The molecule has 2 aliphatic rings. The minimum Gasteiger partial charge on any atom is -0.444 e. The smallest absolute Gasteiger partial charge is 0.444 e. The lowest BCUT2D eigenvalue weighted by Crippen LogP contribution is -2.41. The van der Waals surface area contributed by atoms with Crippen LogP contribution in [-0.4, -0.2) is 60.3 Å². The highest BCUT2D eigenvalue weighted by Crippen LogP contribution is 2.38. The Morgan fingerprint density at radius 2 is 1.85 bits per heavy atom. The number of nitrogens with zero attached hydrogens (tertiary/aromatic N) is 2. The molecule has 0 bridgehead atoms. The number of carbonyl (C=O) groups excluding carboxylic acids is 1. The van der Waals surface area contributed by atoms with Crippen LogP contribution in [0.25, 0.3) is 0 Å². The Morgan fingerprint density at radius 1 is 1.27 bits per heavy atom. The van der Waals surface area contributed by atoms with Crippen molar-refractivity contribution >= 4 is 19.4 Å². The molecule has 146 valence electrons. The third-order valence-corrected chi connectivity index (χ3v) is 4.97. The first kappa shape index (κ1) is 20.8. The lowest BCUT2D eigenvalue weighted by Gasteiger charge is -2.32. The van der Waals surface area contributed by atoms with Crippen molar-refractivity contribution in [2.75, 3.05) is 13.1 Å². The second-order valence-electron chi connectivity index (χ2n) is 8.90. The van der Waals surface area contributed by atoms with Gasteiger partial charge < -0.3 is 24.7 Å². The predicted molar refractivity (Wildman–Crippen MR) is 103 cm³/mol. The molecule has 2 rings (SSSR count). The van der Waals surface area contributed by atoms with Crippen LogP contribution < -0.4 is 5.73 Å². The number of rotatable bonds is 3. The van der Waals surface area contributed by atoms with Crippen LogP contribution in [0.3, 0.4) is 0 Å². The molecule has 26 heavy (non-hydrogen) atoms. The predicted octanol–water partition coefficient (Wildman–Crippen LogP) is 2.54. The Balaban J connectivity index is 1.94. The maximum absolute atomic E-state index is 12.1. The standard InChI is InChI=1S/C18H32BN3O4/c1-16(2,3)24-15(23)22-9-8-14(12-22)21-11-13(10-20)19-25-17(4,5)18(6,7)26-19/h10-11,14H,8-9,12,20H2,1-7H3. The van der Waals surface area contributed by atoms with Gasteiger partial charge in [-0.1, -0.05) is 0 Å². The van der Waals surface area contributed by atoms with E-state index >= 15 is 0 Å².